The van der Waals surface area contributed by atoms with Gasteiger partial charge in [-0.2, -0.15) is 0 Å². The molecule has 0 spiro atoms. The van der Waals surface area contributed by atoms with Crippen LogP contribution in [-0.4, -0.2) is 48.1 Å². The van der Waals surface area contributed by atoms with E-state index in [1.54, 1.807) is 0 Å². The molecule has 142 valence electrons. The van der Waals surface area contributed by atoms with Crippen LogP contribution in [0.25, 0.3) is 0 Å². The number of benzene rings is 2. The Morgan fingerprint density at radius 3 is 2.78 bits per heavy atom. The average molecular weight is 390 g/mol. The number of halogens is 1. The molecule has 8 heteroatoms. The molecule has 1 N–H and O–H groups in total. The smallest absolute Gasteiger partial charge is 0.270 e. The number of hydrogen-bond acceptors (Lipinski definition) is 5. The minimum atomic E-state index is -0.551. The topological polar surface area (TPSA) is 84.7 Å². The maximum absolute atomic E-state index is 12.3. The number of nitro groups is 1. The fraction of sp³-hybridized carbons (Fsp3) is 0.316. The van der Waals surface area contributed by atoms with Gasteiger partial charge in [0.2, 0.25) is 0 Å². The summed E-state index contributed by atoms with van der Waals surface area (Å²) in [5.41, 5.74) is 1.29. The van der Waals surface area contributed by atoms with Gasteiger partial charge >= 0.3 is 0 Å². The number of non-ortho nitro benzene ring substituents is 1. The predicted molar refractivity (Wildman–Crippen MR) is 102 cm³/mol. The molecule has 1 aliphatic rings. The molecule has 0 unspecified atom stereocenters. The third-order valence-corrected chi connectivity index (χ3v) is 4.68. The van der Waals surface area contributed by atoms with Crippen molar-refractivity contribution in [3.05, 3.63) is 74.8 Å². The number of carbonyl (C=O) groups excluding carboxylic acids is 1. The maximum Gasteiger partial charge on any atom is 0.270 e. The quantitative estimate of drug-likeness (QED) is 0.606. The highest BCUT2D eigenvalue weighted by atomic mass is 35.5. The second-order valence-electron chi connectivity index (χ2n) is 6.34. The third-order valence-electron chi connectivity index (χ3n) is 4.37. The normalized spacial score (nSPS) is 17.4. The zero-order chi connectivity index (χ0) is 19.2. The highest BCUT2D eigenvalue weighted by molar-refractivity contribution is 6.34. The molecule has 1 aliphatic heterocycles. The van der Waals surface area contributed by atoms with Crippen molar-refractivity contribution in [1.29, 1.82) is 0 Å². The average Bonchev–Trinajstić information content (AvgIpc) is 2.67. The molecule has 3 rings (SSSR count). The van der Waals surface area contributed by atoms with E-state index in [2.05, 4.69) is 22.3 Å². The van der Waals surface area contributed by atoms with E-state index in [0.29, 0.717) is 19.7 Å². The molecule has 1 amide bonds. The lowest BCUT2D eigenvalue weighted by molar-refractivity contribution is -0.384. The van der Waals surface area contributed by atoms with E-state index in [1.807, 2.05) is 18.2 Å². The Morgan fingerprint density at radius 2 is 2.07 bits per heavy atom. The van der Waals surface area contributed by atoms with Gasteiger partial charge in [0.15, 0.2) is 0 Å². The van der Waals surface area contributed by atoms with E-state index in [1.165, 1.54) is 23.8 Å². The van der Waals surface area contributed by atoms with E-state index in [9.17, 15) is 14.9 Å². The Bertz CT molecular complexity index is 816. The van der Waals surface area contributed by atoms with Crippen LogP contribution in [0.5, 0.6) is 0 Å². The van der Waals surface area contributed by atoms with Crippen molar-refractivity contribution in [3.8, 4) is 0 Å². The minimum absolute atomic E-state index is 0.0527. The molecule has 0 aliphatic carbocycles. The molecule has 0 radical (unpaired) electrons. The standard InChI is InChI=1S/C19H20ClN3O4/c20-18-10-15(23(25)26)6-7-17(18)19(24)21-11-16-13-22(8-9-27-16)12-14-4-2-1-3-5-14/h1-7,10,16H,8-9,11-13H2,(H,21,24)/t16-/m1/s1. The molecule has 1 heterocycles. The van der Waals surface area contributed by atoms with Crippen LogP contribution in [0.1, 0.15) is 15.9 Å². The second-order valence-corrected chi connectivity index (χ2v) is 6.75. The van der Waals surface area contributed by atoms with Crippen molar-refractivity contribution in [2.75, 3.05) is 26.2 Å². The van der Waals surface area contributed by atoms with Gasteiger partial charge < -0.3 is 10.1 Å². The van der Waals surface area contributed by atoms with Crippen LogP contribution < -0.4 is 5.32 Å². The van der Waals surface area contributed by atoms with Crippen molar-refractivity contribution in [3.63, 3.8) is 0 Å². The van der Waals surface area contributed by atoms with Gasteiger partial charge in [-0.1, -0.05) is 41.9 Å². The number of morpholine rings is 1. The number of nitro benzene ring substituents is 1. The van der Waals surface area contributed by atoms with E-state index in [0.717, 1.165) is 13.1 Å². The zero-order valence-electron chi connectivity index (χ0n) is 14.6. The molecular formula is C19H20ClN3O4. The van der Waals surface area contributed by atoms with Crippen LogP contribution in [-0.2, 0) is 11.3 Å². The Hall–Kier alpha value is -2.48. The molecule has 2 aromatic carbocycles. The molecule has 27 heavy (non-hydrogen) atoms. The fourth-order valence-electron chi connectivity index (χ4n) is 2.99. The number of nitrogens with zero attached hydrogens (tertiary/aromatic N) is 2. The van der Waals surface area contributed by atoms with Gasteiger partial charge in [-0.05, 0) is 11.6 Å². The van der Waals surface area contributed by atoms with E-state index < -0.39 is 4.92 Å². The van der Waals surface area contributed by atoms with Crippen LogP contribution in [0.4, 0.5) is 5.69 Å². The molecular weight excluding hydrogens is 370 g/mol. The number of amides is 1. The van der Waals surface area contributed by atoms with Gasteiger partial charge in [0, 0.05) is 38.3 Å². The Morgan fingerprint density at radius 1 is 1.30 bits per heavy atom. The Labute approximate surface area is 162 Å². The van der Waals surface area contributed by atoms with Crippen LogP contribution >= 0.6 is 11.6 Å². The Kier molecular flexibility index (Phi) is 6.39. The molecule has 0 bridgehead atoms. The number of ether oxygens (including phenoxy) is 1. The number of nitrogens with one attached hydrogen (secondary N) is 1. The lowest BCUT2D eigenvalue weighted by Gasteiger charge is -2.33. The van der Waals surface area contributed by atoms with E-state index in [4.69, 9.17) is 16.3 Å². The maximum atomic E-state index is 12.3. The van der Waals surface area contributed by atoms with Crippen molar-refractivity contribution < 1.29 is 14.5 Å². The number of hydrogen-bond donors (Lipinski definition) is 1. The van der Waals surface area contributed by atoms with Gasteiger partial charge in [0.25, 0.3) is 11.6 Å². The molecule has 0 saturated carbocycles. The molecule has 7 nitrogen and oxygen atoms in total. The predicted octanol–water partition coefficient (Wildman–Crippen LogP) is 2.88. The van der Waals surface area contributed by atoms with Crippen molar-refractivity contribution >= 4 is 23.2 Å². The SMILES string of the molecule is O=C(NC[C@@H]1CN(Cc2ccccc2)CCO1)c1ccc([N+](=O)[O-])cc1Cl. The summed E-state index contributed by atoms with van der Waals surface area (Å²) in [5, 5.41) is 13.6. The van der Waals surface area contributed by atoms with Crippen LogP contribution in [0.15, 0.2) is 48.5 Å². The summed E-state index contributed by atoms with van der Waals surface area (Å²) in [4.78, 5) is 24.8. The van der Waals surface area contributed by atoms with Gasteiger partial charge in [-0.25, -0.2) is 0 Å². The summed E-state index contributed by atoms with van der Waals surface area (Å²) < 4.78 is 5.73. The van der Waals surface area contributed by atoms with Crippen LogP contribution in [0.2, 0.25) is 5.02 Å². The summed E-state index contributed by atoms with van der Waals surface area (Å²) in [7, 11) is 0. The van der Waals surface area contributed by atoms with E-state index in [-0.39, 0.29) is 28.3 Å². The van der Waals surface area contributed by atoms with Gasteiger partial charge in [0.1, 0.15) is 0 Å². The molecule has 1 atom stereocenters. The minimum Gasteiger partial charge on any atom is -0.374 e. The van der Waals surface area contributed by atoms with E-state index >= 15 is 0 Å². The lowest BCUT2D eigenvalue weighted by Crippen LogP contribution is -2.47. The number of carbonyl (C=O) groups is 1. The van der Waals surface area contributed by atoms with Gasteiger partial charge in [-0.15, -0.1) is 0 Å². The fourth-order valence-corrected chi connectivity index (χ4v) is 3.25. The summed E-state index contributed by atoms with van der Waals surface area (Å²) in [6, 6.07) is 14.0. The van der Waals surface area contributed by atoms with Crippen molar-refractivity contribution in [2.45, 2.75) is 12.6 Å². The summed E-state index contributed by atoms with van der Waals surface area (Å²) in [6.45, 7) is 3.34. The highest BCUT2D eigenvalue weighted by Crippen LogP contribution is 2.22. The first-order chi connectivity index (χ1) is 13.0. The second kappa shape index (κ2) is 8.94. The highest BCUT2D eigenvalue weighted by Gasteiger charge is 2.22. The van der Waals surface area contributed by atoms with Crippen LogP contribution in [0, 0.1) is 10.1 Å². The Balaban J connectivity index is 1.53. The van der Waals surface area contributed by atoms with Crippen LogP contribution in [0.3, 0.4) is 0 Å². The summed E-state index contributed by atoms with van der Waals surface area (Å²) >= 11 is 6.00. The number of rotatable bonds is 6. The monoisotopic (exact) mass is 389 g/mol. The van der Waals surface area contributed by atoms with Gasteiger partial charge in [0.05, 0.1) is 28.2 Å². The third kappa shape index (κ3) is 5.26. The van der Waals surface area contributed by atoms with Gasteiger partial charge in [-0.3, -0.25) is 19.8 Å². The zero-order valence-corrected chi connectivity index (χ0v) is 15.4. The van der Waals surface area contributed by atoms with Crippen molar-refractivity contribution in [2.24, 2.45) is 0 Å². The first-order valence-corrected chi connectivity index (χ1v) is 9.01. The van der Waals surface area contributed by atoms with Crippen molar-refractivity contribution in [1.82, 2.24) is 10.2 Å². The lowest BCUT2D eigenvalue weighted by atomic mass is 10.1. The molecule has 2 aromatic rings. The molecule has 1 fully saturated rings. The molecule has 1 saturated heterocycles. The molecule has 0 aromatic heterocycles. The summed E-state index contributed by atoms with van der Waals surface area (Å²) in [5.74, 6) is -0.376. The summed E-state index contributed by atoms with van der Waals surface area (Å²) in [6.07, 6.45) is -0.122. The first kappa shape index (κ1) is 19.3. The largest absolute Gasteiger partial charge is 0.374 e. The first-order valence-electron chi connectivity index (χ1n) is 8.63.